The summed E-state index contributed by atoms with van der Waals surface area (Å²) in [5.41, 5.74) is 3.55. The average Bonchev–Trinajstić information content (AvgIpc) is 2.95. The lowest BCUT2D eigenvalue weighted by atomic mass is 10.2. The molecule has 0 aromatic carbocycles. The van der Waals surface area contributed by atoms with Gasteiger partial charge in [0, 0.05) is 24.9 Å². The van der Waals surface area contributed by atoms with Gasteiger partial charge in [0.05, 0.1) is 6.26 Å². The topological polar surface area (TPSA) is 89.0 Å². The van der Waals surface area contributed by atoms with Crippen LogP contribution in [0, 0.1) is 6.92 Å². The second-order valence-corrected chi connectivity index (χ2v) is 4.61. The SMILES string of the molecule is CCCc1nc(NN)c(C)c(NCCc2ccco2)n1. The third-order valence-corrected chi connectivity index (χ3v) is 3.05. The fourth-order valence-corrected chi connectivity index (χ4v) is 1.97. The number of aromatic nitrogens is 2. The zero-order valence-corrected chi connectivity index (χ0v) is 11.9. The van der Waals surface area contributed by atoms with E-state index in [1.54, 1.807) is 6.26 Å². The lowest BCUT2D eigenvalue weighted by Gasteiger charge is -2.13. The van der Waals surface area contributed by atoms with Crippen molar-refractivity contribution in [3.05, 3.63) is 35.5 Å². The Bertz CT molecular complexity index is 539. The fraction of sp³-hybridized carbons (Fsp3) is 0.429. The van der Waals surface area contributed by atoms with Gasteiger partial charge in [-0.2, -0.15) is 0 Å². The predicted octanol–water partition coefficient (Wildman–Crippen LogP) is 2.27. The van der Waals surface area contributed by atoms with Gasteiger partial charge < -0.3 is 15.2 Å². The molecular formula is C14H21N5O. The van der Waals surface area contributed by atoms with E-state index in [1.165, 1.54) is 0 Å². The standard InChI is InChI=1S/C14H21N5O/c1-3-5-12-17-13(10(2)14(18-12)19-15)16-8-7-11-6-4-9-20-11/h4,6,9H,3,5,7-8,15H2,1-2H3,(H2,16,17,18,19). The summed E-state index contributed by atoms with van der Waals surface area (Å²) in [6.07, 6.45) is 4.33. The van der Waals surface area contributed by atoms with Crippen molar-refractivity contribution in [2.24, 2.45) is 5.84 Å². The van der Waals surface area contributed by atoms with E-state index >= 15 is 0 Å². The molecule has 20 heavy (non-hydrogen) atoms. The first-order valence-electron chi connectivity index (χ1n) is 6.85. The third kappa shape index (κ3) is 3.48. The summed E-state index contributed by atoms with van der Waals surface area (Å²) in [5, 5.41) is 3.32. The van der Waals surface area contributed by atoms with Crippen molar-refractivity contribution in [1.82, 2.24) is 9.97 Å². The zero-order chi connectivity index (χ0) is 14.4. The van der Waals surface area contributed by atoms with Crippen LogP contribution in [0.2, 0.25) is 0 Å². The van der Waals surface area contributed by atoms with Crippen molar-refractivity contribution in [3.63, 3.8) is 0 Å². The lowest BCUT2D eigenvalue weighted by molar-refractivity contribution is 0.513. The first-order chi connectivity index (χ1) is 9.74. The molecule has 108 valence electrons. The minimum Gasteiger partial charge on any atom is -0.469 e. The van der Waals surface area contributed by atoms with Crippen molar-refractivity contribution < 1.29 is 4.42 Å². The van der Waals surface area contributed by atoms with Crippen molar-refractivity contribution in [2.75, 3.05) is 17.3 Å². The van der Waals surface area contributed by atoms with Gasteiger partial charge in [-0.1, -0.05) is 6.92 Å². The summed E-state index contributed by atoms with van der Waals surface area (Å²) in [7, 11) is 0. The molecule has 0 bridgehead atoms. The van der Waals surface area contributed by atoms with Gasteiger partial charge in [0.2, 0.25) is 0 Å². The summed E-state index contributed by atoms with van der Waals surface area (Å²) in [6.45, 7) is 4.80. The summed E-state index contributed by atoms with van der Waals surface area (Å²) < 4.78 is 5.30. The van der Waals surface area contributed by atoms with Crippen LogP contribution in [-0.4, -0.2) is 16.5 Å². The Hall–Kier alpha value is -2.08. The highest BCUT2D eigenvalue weighted by Gasteiger charge is 2.09. The molecule has 0 aliphatic heterocycles. The summed E-state index contributed by atoms with van der Waals surface area (Å²) in [6, 6.07) is 3.85. The predicted molar refractivity (Wildman–Crippen MR) is 79.5 cm³/mol. The number of nitrogens with two attached hydrogens (primary N) is 1. The third-order valence-electron chi connectivity index (χ3n) is 3.05. The normalized spacial score (nSPS) is 10.6. The van der Waals surface area contributed by atoms with Gasteiger partial charge in [-0.3, -0.25) is 0 Å². The van der Waals surface area contributed by atoms with Crippen LogP contribution in [-0.2, 0) is 12.8 Å². The van der Waals surface area contributed by atoms with Crippen LogP contribution < -0.4 is 16.6 Å². The Kier molecular flexibility index (Phi) is 4.95. The summed E-state index contributed by atoms with van der Waals surface area (Å²) >= 11 is 0. The Balaban J connectivity index is 2.06. The highest BCUT2D eigenvalue weighted by molar-refractivity contribution is 5.56. The van der Waals surface area contributed by atoms with E-state index < -0.39 is 0 Å². The molecule has 0 radical (unpaired) electrons. The first kappa shape index (κ1) is 14.3. The molecule has 0 saturated carbocycles. The second-order valence-electron chi connectivity index (χ2n) is 4.61. The number of hydrogen-bond donors (Lipinski definition) is 3. The van der Waals surface area contributed by atoms with E-state index in [2.05, 4.69) is 27.6 Å². The fourth-order valence-electron chi connectivity index (χ4n) is 1.97. The highest BCUT2D eigenvalue weighted by Crippen LogP contribution is 2.19. The summed E-state index contributed by atoms with van der Waals surface area (Å²) in [4.78, 5) is 8.93. The number of nitrogen functional groups attached to an aromatic ring is 1. The molecule has 0 atom stereocenters. The number of furan rings is 1. The van der Waals surface area contributed by atoms with E-state index in [1.807, 2.05) is 19.1 Å². The van der Waals surface area contributed by atoms with Gasteiger partial charge in [-0.25, -0.2) is 15.8 Å². The van der Waals surface area contributed by atoms with Crippen molar-refractivity contribution >= 4 is 11.6 Å². The van der Waals surface area contributed by atoms with E-state index in [0.29, 0.717) is 5.82 Å². The Morgan fingerprint density at radius 2 is 2.05 bits per heavy atom. The molecule has 6 heteroatoms. The number of hydrogen-bond acceptors (Lipinski definition) is 6. The van der Waals surface area contributed by atoms with E-state index in [-0.39, 0.29) is 0 Å². The molecule has 0 saturated heterocycles. The number of rotatable bonds is 7. The monoisotopic (exact) mass is 275 g/mol. The van der Waals surface area contributed by atoms with Gasteiger partial charge >= 0.3 is 0 Å². The van der Waals surface area contributed by atoms with E-state index in [9.17, 15) is 0 Å². The van der Waals surface area contributed by atoms with Crippen LogP contribution in [0.25, 0.3) is 0 Å². The van der Waals surface area contributed by atoms with Gasteiger partial charge in [0.15, 0.2) is 0 Å². The number of nitrogens with zero attached hydrogens (tertiary/aromatic N) is 2. The maximum Gasteiger partial charge on any atom is 0.148 e. The molecule has 0 aliphatic rings. The number of anilines is 2. The van der Waals surface area contributed by atoms with Crippen LogP contribution in [0.3, 0.4) is 0 Å². The second kappa shape index (κ2) is 6.91. The molecule has 0 unspecified atom stereocenters. The van der Waals surface area contributed by atoms with Crippen molar-refractivity contribution in [2.45, 2.75) is 33.1 Å². The number of hydrazine groups is 1. The average molecular weight is 275 g/mol. The van der Waals surface area contributed by atoms with Crippen LogP contribution in [0.1, 0.15) is 30.5 Å². The van der Waals surface area contributed by atoms with E-state index in [0.717, 1.165) is 48.8 Å². The Morgan fingerprint density at radius 3 is 2.70 bits per heavy atom. The van der Waals surface area contributed by atoms with Gasteiger partial charge in [0.25, 0.3) is 0 Å². The molecule has 0 amide bonds. The van der Waals surface area contributed by atoms with Crippen LogP contribution in [0.4, 0.5) is 11.6 Å². The molecule has 2 aromatic heterocycles. The first-order valence-corrected chi connectivity index (χ1v) is 6.85. The molecule has 2 rings (SSSR count). The molecule has 4 N–H and O–H groups in total. The zero-order valence-electron chi connectivity index (χ0n) is 11.9. The molecule has 0 fully saturated rings. The summed E-state index contributed by atoms with van der Waals surface area (Å²) in [5.74, 6) is 8.75. The molecule has 0 aliphatic carbocycles. The minimum absolute atomic E-state index is 0.670. The smallest absolute Gasteiger partial charge is 0.148 e. The maximum absolute atomic E-state index is 5.51. The van der Waals surface area contributed by atoms with Crippen molar-refractivity contribution in [3.8, 4) is 0 Å². The largest absolute Gasteiger partial charge is 0.469 e. The Morgan fingerprint density at radius 1 is 1.25 bits per heavy atom. The molecule has 0 spiro atoms. The van der Waals surface area contributed by atoms with Crippen LogP contribution in [0.5, 0.6) is 0 Å². The molecule has 6 nitrogen and oxygen atoms in total. The maximum atomic E-state index is 5.51. The van der Waals surface area contributed by atoms with Gasteiger partial charge in [-0.15, -0.1) is 0 Å². The lowest BCUT2D eigenvalue weighted by Crippen LogP contribution is -2.16. The van der Waals surface area contributed by atoms with Crippen molar-refractivity contribution in [1.29, 1.82) is 0 Å². The van der Waals surface area contributed by atoms with Gasteiger partial charge in [0.1, 0.15) is 23.2 Å². The molecule has 2 aromatic rings. The van der Waals surface area contributed by atoms with E-state index in [4.69, 9.17) is 10.3 Å². The van der Waals surface area contributed by atoms with Crippen LogP contribution in [0.15, 0.2) is 22.8 Å². The Labute approximate surface area is 118 Å². The number of nitrogens with one attached hydrogen (secondary N) is 2. The van der Waals surface area contributed by atoms with Crippen LogP contribution >= 0.6 is 0 Å². The highest BCUT2D eigenvalue weighted by atomic mass is 16.3. The molecule has 2 heterocycles. The molecular weight excluding hydrogens is 254 g/mol. The minimum atomic E-state index is 0.670. The quantitative estimate of drug-likeness (QED) is 0.530. The van der Waals surface area contributed by atoms with Gasteiger partial charge in [-0.05, 0) is 25.5 Å². The number of aryl methyl sites for hydroxylation is 1.